The molecule has 1 fully saturated rings. The highest BCUT2D eigenvalue weighted by molar-refractivity contribution is 5.76. The fourth-order valence-corrected chi connectivity index (χ4v) is 2.64. The summed E-state index contributed by atoms with van der Waals surface area (Å²) in [7, 11) is 1.75. The van der Waals surface area contributed by atoms with Crippen molar-refractivity contribution in [2.75, 3.05) is 13.6 Å². The van der Waals surface area contributed by atoms with Crippen LogP contribution < -0.4 is 5.32 Å². The van der Waals surface area contributed by atoms with Crippen molar-refractivity contribution in [3.8, 4) is 0 Å². The van der Waals surface area contributed by atoms with Gasteiger partial charge in [-0.25, -0.2) is 4.79 Å². The van der Waals surface area contributed by atoms with Gasteiger partial charge in [0, 0.05) is 13.6 Å². The maximum atomic E-state index is 12.0. The topological polar surface area (TPSA) is 69.6 Å². The Morgan fingerprint density at radius 3 is 2.33 bits per heavy atom. The number of carbonyl (C=O) groups is 2. The molecule has 104 valence electrons. The first-order valence-electron chi connectivity index (χ1n) is 6.60. The van der Waals surface area contributed by atoms with Crippen LogP contribution in [0.2, 0.25) is 0 Å². The lowest BCUT2D eigenvalue weighted by Crippen LogP contribution is -2.52. The van der Waals surface area contributed by atoms with E-state index >= 15 is 0 Å². The van der Waals surface area contributed by atoms with Crippen molar-refractivity contribution in [3.63, 3.8) is 0 Å². The zero-order valence-electron chi connectivity index (χ0n) is 11.5. The molecule has 5 nitrogen and oxygen atoms in total. The zero-order valence-corrected chi connectivity index (χ0v) is 11.5. The van der Waals surface area contributed by atoms with Gasteiger partial charge in [-0.3, -0.25) is 4.79 Å². The van der Waals surface area contributed by atoms with Crippen molar-refractivity contribution in [1.82, 2.24) is 10.2 Å². The van der Waals surface area contributed by atoms with Crippen LogP contribution in [0.25, 0.3) is 0 Å². The molecular weight excluding hydrogens is 232 g/mol. The van der Waals surface area contributed by atoms with E-state index in [0.717, 1.165) is 25.7 Å². The first-order valence-corrected chi connectivity index (χ1v) is 6.60. The number of aliphatic carboxylic acids is 1. The summed E-state index contributed by atoms with van der Waals surface area (Å²) in [4.78, 5) is 24.6. The van der Waals surface area contributed by atoms with E-state index in [-0.39, 0.29) is 12.5 Å². The number of rotatable bonds is 5. The van der Waals surface area contributed by atoms with E-state index in [1.807, 2.05) is 13.8 Å². The molecule has 1 aliphatic carbocycles. The van der Waals surface area contributed by atoms with E-state index in [1.54, 1.807) is 11.9 Å². The molecule has 0 aromatic heterocycles. The average molecular weight is 256 g/mol. The lowest BCUT2D eigenvalue weighted by atomic mass is 9.93. The Hall–Kier alpha value is -1.26. The van der Waals surface area contributed by atoms with Crippen LogP contribution in [0, 0.1) is 5.92 Å². The standard InChI is InChI=1S/C13H24N2O3/c1-10(2)9-15(3)12(18)14-13(8-11(16)17)6-4-5-7-13/h10H,4-9H2,1-3H3,(H,14,18)(H,16,17). The molecule has 0 heterocycles. The molecule has 0 spiro atoms. The van der Waals surface area contributed by atoms with Crippen LogP contribution in [0.15, 0.2) is 0 Å². The van der Waals surface area contributed by atoms with Crippen LogP contribution in [0.3, 0.4) is 0 Å². The highest BCUT2D eigenvalue weighted by Crippen LogP contribution is 2.32. The minimum absolute atomic E-state index is 0.0221. The van der Waals surface area contributed by atoms with E-state index in [9.17, 15) is 9.59 Å². The fourth-order valence-electron chi connectivity index (χ4n) is 2.64. The molecule has 1 aliphatic rings. The fraction of sp³-hybridized carbons (Fsp3) is 0.846. The molecule has 0 atom stereocenters. The minimum Gasteiger partial charge on any atom is -0.481 e. The Morgan fingerprint density at radius 2 is 1.89 bits per heavy atom. The van der Waals surface area contributed by atoms with E-state index in [1.165, 1.54) is 0 Å². The third kappa shape index (κ3) is 4.20. The quantitative estimate of drug-likeness (QED) is 0.791. The van der Waals surface area contributed by atoms with Gasteiger partial charge < -0.3 is 15.3 Å². The number of carbonyl (C=O) groups excluding carboxylic acids is 1. The Bertz CT molecular complexity index is 309. The van der Waals surface area contributed by atoms with Crippen LogP contribution in [-0.4, -0.2) is 41.1 Å². The number of hydrogen-bond acceptors (Lipinski definition) is 2. The van der Waals surface area contributed by atoms with Gasteiger partial charge in [0.1, 0.15) is 0 Å². The normalized spacial score (nSPS) is 17.8. The summed E-state index contributed by atoms with van der Waals surface area (Å²) in [5.74, 6) is -0.441. The van der Waals surface area contributed by atoms with Gasteiger partial charge in [0.05, 0.1) is 12.0 Å². The number of carboxylic acid groups (broad SMARTS) is 1. The van der Waals surface area contributed by atoms with Gasteiger partial charge in [0.2, 0.25) is 0 Å². The minimum atomic E-state index is -0.844. The Labute approximate surface area is 109 Å². The van der Waals surface area contributed by atoms with Gasteiger partial charge in [-0.15, -0.1) is 0 Å². The van der Waals surface area contributed by atoms with Gasteiger partial charge in [0.25, 0.3) is 0 Å². The van der Waals surface area contributed by atoms with Gasteiger partial charge in [-0.05, 0) is 18.8 Å². The van der Waals surface area contributed by atoms with Crippen molar-refractivity contribution in [3.05, 3.63) is 0 Å². The maximum absolute atomic E-state index is 12.0. The number of hydrogen-bond donors (Lipinski definition) is 2. The van der Waals surface area contributed by atoms with Gasteiger partial charge in [-0.2, -0.15) is 0 Å². The predicted molar refractivity (Wildman–Crippen MR) is 69.5 cm³/mol. The number of nitrogens with zero attached hydrogens (tertiary/aromatic N) is 1. The smallest absolute Gasteiger partial charge is 0.317 e. The summed E-state index contributed by atoms with van der Waals surface area (Å²) in [6.07, 6.45) is 3.53. The number of urea groups is 1. The SMILES string of the molecule is CC(C)CN(C)C(=O)NC1(CC(=O)O)CCCC1. The molecule has 0 aliphatic heterocycles. The molecule has 0 aromatic rings. The Balaban J connectivity index is 2.61. The van der Waals surface area contributed by atoms with Crippen LogP contribution in [-0.2, 0) is 4.79 Å². The third-order valence-corrected chi connectivity index (χ3v) is 3.41. The van der Waals surface area contributed by atoms with Gasteiger partial charge in [0.15, 0.2) is 0 Å². The summed E-state index contributed by atoms with van der Waals surface area (Å²) in [6.45, 7) is 4.77. The summed E-state index contributed by atoms with van der Waals surface area (Å²) < 4.78 is 0. The zero-order chi connectivity index (χ0) is 13.8. The number of amides is 2. The molecule has 0 aromatic carbocycles. The van der Waals surface area contributed by atoms with Crippen LogP contribution in [0.5, 0.6) is 0 Å². The molecule has 2 N–H and O–H groups in total. The third-order valence-electron chi connectivity index (χ3n) is 3.41. The average Bonchev–Trinajstić information content (AvgIpc) is 2.63. The second-order valence-corrected chi connectivity index (χ2v) is 5.76. The second-order valence-electron chi connectivity index (χ2n) is 5.76. The molecule has 5 heteroatoms. The van der Waals surface area contributed by atoms with Crippen LogP contribution >= 0.6 is 0 Å². The van der Waals surface area contributed by atoms with Gasteiger partial charge in [-0.1, -0.05) is 26.7 Å². The molecule has 1 rings (SSSR count). The van der Waals surface area contributed by atoms with Crippen molar-refractivity contribution >= 4 is 12.0 Å². The van der Waals surface area contributed by atoms with Crippen molar-refractivity contribution in [2.45, 2.75) is 51.5 Å². The predicted octanol–water partition coefficient (Wildman–Crippen LogP) is 2.07. The van der Waals surface area contributed by atoms with Crippen LogP contribution in [0.4, 0.5) is 4.79 Å². The van der Waals surface area contributed by atoms with E-state index < -0.39 is 11.5 Å². The summed E-state index contributed by atoms with van der Waals surface area (Å²) >= 11 is 0. The molecule has 0 unspecified atom stereocenters. The largest absolute Gasteiger partial charge is 0.481 e. The van der Waals surface area contributed by atoms with Crippen molar-refractivity contribution in [1.29, 1.82) is 0 Å². The first kappa shape index (κ1) is 14.8. The monoisotopic (exact) mass is 256 g/mol. The highest BCUT2D eigenvalue weighted by atomic mass is 16.4. The highest BCUT2D eigenvalue weighted by Gasteiger charge is 2.38. The molecule has 0 saturated heterocycles. The Kier molecular flexibility index (Phi) is 4.99. The summed E-state index contributed by atoms with van der Waals surface area (Å²) in [5.41, 5.74) is -0.534. The van der Waals surface area contributed by atoms with Crippen molar-refractivity contribution < 1.29 is 14.7 Å². The molecule has 1 saturated carbocycles. The molecule has 2 amide bonds. The van der Waals surface area contributed by atoms with E-state index in [0.29, 0.717) is 12.5 Å². The lowest BCUT2D eigenvalue weighted by molar-refractivity contribution is -0.138. The molecular formula is C13H24N2O3. The molecule has 0 bridgehead atoms. The van der Waals surface area contributed by atoms with Gasteiger partial charge >= 0.3 is 12.0 Å². The number of nitrogens with one attached hydrogen (secondary N) is 1. The molecule has 18 heavy (non-hydrogen) atoms. The summed E-state index contributed by atoms with van der Waals surface area (Å²) in [6, 6.07) is -0.160. The molecule has 0 radical (unpaired) electrons. The Morgan fingerprint density at radius 1 is 1.33 bits per heavy atom. The van der Waals surface area contributed by atoms with E-state index in [4.69, 9.17) is 5.11 Å². The first-order chi connectivity index (χ1) is 8.34. The lowest BCUT2D eigenvalue weighted by Gasteiger charge is -2.31. The van der Waals surface area contributed by atoms with Crippen molar-refractivity contribution in [2.24, 2.45) is 5.92 Å². The maximum Gasteiger partial charge on any atom is 0.317 e. The second kappa shape index (κ2) is 6.07. The summed E-state index contributed by atoms with van der Waals surface area (Å²) in [5, 5.41) is 11.9. The van der Waals surface area contributed by atoms with E-state index in [2.05, 4.69) is 5.32 Å². The number of carboxylic acids is 1. The van der Waals surface area contributed by atoms with Crippen LogP contribution in [0.1, 0.15) is 46.0 Å².